The first-order valence-electron chi connectivity index (χ1n) is 7.73. The van der Waals surface area contributed by atoms with Crippen molar-refractivity contribution >= 4 is 23.6 Å². The first kappa shape index (κ1) is 18.1. The maximum absolute atomic E-state index is 11.9. The zero-order chi connectivity index (χ0) is 17.4. The van der Waals surface area contributed by atoms with Crippen LogP contribution in [0.4, 0.5) is 0 Å². The van der Waals surface area contributed by atoms with Crippen LogP contribution < -0.4 is 5.32 Å². The second-order valence-corrected chi connectivity index (χ2v) is 6.30. The molecular formula is C19H21NO3S. The summed E-state index contributed by atoms with van der Waals surface area (Å²) in [6.07, 6.45) is 1.97. The van der Waals surface area contributed by atoms with Crippen LogP contribution >= 0.6 is 11.8 Å². The number of benzene rings is 2. The van der Waals surface area contributed by atoms with Gasteiger partial charge in [-0.15, -0.1) is 11.8 Å². The Morgan fingerprint density at radius 1 is 1.08 bits per heavy atom. The summed E-state index contributed by atoms with van der Waals surface area (Å²) in [5, 5.41) is 2.79. The van der Waals surface area contributed by atoms with Crippen LogP contribution in [0, 0.1) is 0 Å². The number of hydrogen-bond donors (Lipinski definition) is 1. The van der Waals surface area contributed by atoms with E-state index in [4.69, 9.17) is 4.74 Å². The van der Waals surface area contributed by atoms with Crippen LogP contribution in [0.3, 0.4) is 0 Å². The van der Waals surface area contributed by atoms with Crippen LogP contribution in [0.2, 0.25) is 0 Å². The molecule has 0 saturated carbocycles. The quantitative estimate of drug-likeness (QED) is 0.618. The van der Waals surface area contributed by atoms with Crippen molar-refractivity contribution in [1.82, 2.24) is 5.32 Å². The number of carbonyl (C=O) groups excluding carboxylic acids is 2. The molecule has 0 aromatic heterocycles. The molecule has 1 atom stereocenters. The highest BCUT2D eigenvalue weighted by Crippen LogP contribution is 2.15. The summed E-state index contributed by atoms with van der Waals surface area (Å²) >= 11 is 1.60. The zero-order valence-electron chi connectivity index (χ0n) is 13.8. The molecule has 0 bridgehead atoms. The van der Waals surface area contributed by atoms with E-state index in [1.165, 1.54) is 0 Å². The lowest BCUT2D eigenvalue weighted by atomic mass is 10.0. The number of nitrogens with one attached hydrogen (secondary N) is 1. The SMILES string of the molecule is CSc1ccc(C(=O)OCC(=O)NC[C@H](C)c2ccccc2)cc1. The van der Waals surface area contributed by atoms with Gasteiger partial charge in [0.15, 0.2) is 6.61 Å². The number of ether oxygens (including phenoxy) is 1. The molecule has 4 nitrogen and oxygen atoms in total. The molecule has 2 aromatic rings. The van der Waals surface area contributed by atoms with Crippen LogP contribution in [-0.2, 0) is 9.53 Å². The lowest BCUT2D eigenvalue weighted by Crippen LogP contribution is -2.31. The van der Waals surface area contributed by atoms with Gasteiger partial charge in [0.2, 0.25) is 0 Å². The Morgan fingerprint density at radius 3 is 2.38 bits per heavy atom. The van der Waals surface area contributed by atoms with E-state index < -0.39 is 5.97 Å². The molecule has 0 fully saturated rings. The highest BCUT2D eigenvalue weighted by Gasteiger charge is 2.11. The first-order valence-corrected chi connectivity index (χ1v) is 8.95. The molecule has 0 radical (unpaired) electrons. The average molecular weight is 343 g/mol. The fourth-order valence-corrected chi connectivity index (χ4v) is 2.57. The average Bonchev–Trinajstić information content (AvgIpc) is 2.64. The Morgan fingerprint density at radius 2 is 1.75 bits per heavy atom. The maximum atomic E-state index is 11.9. The van der Waals surface area contributed by atoms with Gasteiger partial charge in [0.05, 0.1) is 5.56 Å². The fourth-order valence-electron chi connectivity index (χ4n) is 2.16. The summed E-state index contributed by atoms with van der Waals surface area (Å²) < 4.78 is 5.04. The molecule has 0 unspecified atom stereocenters. The normalized spacial score (nSPS) is 11.6. The molecule has 0 aliphatic carbocycles. The largest absolute Gasteiger partial charge is 0.452 e. The predicted octanol–water partition coefficient (Wildman–Crippen LogP) is 3.49. The summed E-state index contributed by atoms with van der Waals surface area (Å²) in [5.41, 5.74) is 1.60. The van der Waals surface area contributed by atoms with E-state index in [0.29, 0.717) is 12.1 Å². The summed E-state index contributed by atoms with van der Waals surface area (Å²) in [5.74, 6) is -0.592. The van der Waals surface area contributed by atoms with E-state index in [1.54, 1.807) is 23.9 Å². The summed E-state index contributed by atoms with van der Waals surface area (Å²) in [6, 6.07) is 17.0. The van der Waals surface area contributed by atoms with E-state index in [0.717, 1.165) is 10.5 Å². The van der Waals surface area contributed by atoms with Crippen LogP contribution in [0.25, 0.3) is 0 Å². The Labute approximate surface area is 146 Å². The molecule has 126 valence electrons. The van der Waals surface area contributed by atoms with Gasteiger partial charge in [0, 0.05) is 11.4 Å². The highest BCUT2D eigenvalue weighted by atomic mass is 32.2. The van der Waals surface area contributed by atoms with Crippen molar-refractivity contribution in [2.24, 2.45) is 0 Å². The van der Waals surface area contributed by atoms with Crippen molar-refractivity contribution in [2.45, 2.75) is 17.7 Å². The topological polar surface area (TPSA) is 55.4 Å². The second kappa shape index (κ2) is 9.13. The summed E-state index contributed by atoms with van der Waals surface area (Å²) in [7, 11) is 0. The van der Waals surface area contributed by atoms with E-state index in [9.17, 15) is 9.59 Å². The first-order chi connectivity index (χ1) is 11.6. The Hall–Kier alpha value is -2.27. The minimum absolute atomic E-state index is 0.199. The standard InChI is InChI=1S/C19H21NO3S/c1-14(15-6-4-3-5-7-15)12-20-18(21)13-23-19(22)16-8-10-17(24-2)11-9-16/h3-11,14H,12-13H2,1-2H3,(H,20,21)/t14-/m0/s1. The van der Waals surface area contributed by atoms with Gasteiger partial charge in [-0.3, -0.25) is 4.79 Å². The molecule has 2 rings (SSSR count). The second-order valence-electron chi connectivity index (χ2n) is 5.42. The Kier molecular flexibility index (Phi) is 6.88. The van der Waals surface area contributed by atoms with Crippen molar-refractivity contribution in [1.29, 1.82) is 0 Å². The molecule has 0 aliphatic rings. The van der Waals surface area contributed by atoms with Gasteiger partial charge >= 0.3 is 5.97 Å². The molecule has 0 heterocycles. The number of rotatable bonds is 7. The minimum atomic E-state index is -0.492. The molecule has 1 N–H and O–H groups in total. The number of carbonyl (C=O) groups is 2. The van der Waals surface area contributed by atoms with Gasteiger partial charge in [-0.25, -0.2) is 4.79 Å². The molecule has 0 spiro atoms. The van der Waals surface area contributed by atoms with Crippen LogP contribution in [-0.4, -0.2) is 31.3 Å². The number of thioether (sulfide) groups is 1. The fraction of sp³-hybridized carbons (Fsp3) is 0.263. The van der Waals surface area contributed by atoms with E-state index in [-0.39, 0.29) is 18.4 Å². The van der Waals surface area contributed by atoms with Gasteiger partial charge in [-0.1, -0.05) is 37.3 Å². The van der Waals surface area contributed by atoms with Crippen molar-refractivity contribution < 1.29 is 14.3 Å². The van der Waals surface area contributed by atoms with Gasteiger partial charge in [-0.2, -0.15) is 0 Å². The van der Waals surface area contributed by atoms with Crippen LogP contribution in [0.1, 0.15) is 28.8 Å². The van der Waals surface area contributed by atoms with Crippen molar-refractivity contribution in [2.75, 3.05) is 19.4 Å². The third-order valence-corrected chi connectivity index (χ3v) is 4.38. The zero-order valence-corrected chi connectivity index (χ0v) is 14.6. The minimum Gasteiger partial charge on any atom is -0.452 e. The lowest BCUT2D eigenvalue weighted by Gasteiger charge is -2.13. The number of esters is 1. The van der Waals surface area contributed by atoms with E-state index in [2.05, 4.69) is 5.32 Å². The maximum Gasteiger partial charge on any atom is 0.338 e. The van der Waals surface area contributed by atoms with Crippen molar-refractivity contribution in [3.05, 3.63) is 65.7 Å². The third-order valence-electron chi connectivity index (χ3n) is 3.63. The monoisotopic (exact) mass is 343 g/mol. The molecule has 24 heavy (non-hydrogen) atoms. The van der Waals surface area contributed by atoms with Crippen molar-refractivity contribution in [3.8, 4) is 0 Å². The Bertz CT molecular complexity index is 671. The Balaban J connectivity index is 1.75. The summed E-state index contributed by atoms with van der Waals surface area (Å²) in [6.45, 7) is 2.27. The smallest absolute Gasteiger partial charge is 0.338 e. The summed E-state index contributed by atoms with van der Waals surface area (Å²) in [4.78, 5) is 24.8. The molecular weight excluding hydrogens is 322 g/mol. The third kappa shape index (κ3) is 5.42. The molecule has 1 amide bonds. The highest BCUT2D eigenvalue weighted by molar-refractivity contribution is 7.98. The van der Waals surface area contributed by atoms with Crippen LogP contribution in [0.15, 0.2) is 59.5 Å². The predicted molar refractivity (Wildman–Crippen MR) is 96.4 cm³/mol. The van der Waals surface area contributed by atoms with Gasteiger partial charge in [-0.05, 0) is 42.0 Å². The number of amides is 1. The van der Waals surface area contributed by atoms with Gasteiger partial charge < -0.3 is 10.1 Å². The van der Waals surface area contributed by atoms with Crippen molar-refractivity contribution in [3.63, 3.8) is 0 Å². The van der Waals surface area contributed by atoms with Crippen LogP contribution in [0.5, 0.6) is 0 Å². The molecule has 5 heteroatoms. The van der Waals surface area contributed by atoms with Gasteiger partial charge in [0.25, 0.3) is 5.91 Å². The molecule has 0 aliphatic heterocycles. The lowest BCUT2D eigenvalue weighted by molar-refractivity contribution is -0.124. The number of hydrogen-bond acceptors (Lipinski definition) is 4. The van der Waals surface area contributed by atoms with E-state index >= 15 is 0 Å². The molecule has 2 aromatic carbocycles. The van der Waals surface area contributed by atoms with E-state index in [1.807, 2.05) is 55.6 Å². The molecule has 0 saturated heterocycles. The van der Waals surface area contributed by atoms with Gasteiger partial charge in [0.1, 0.15) is 0 Å².